The first kappa shape index (κ1) is 20.6. The average Bonchev–Trinajstić information content (AvgIpc) is 3.25. The van der Waals surface area contributed by atoms with Crippen molar-refractivity contribution >= 4 is 17.9 Å². The zero-order valence-corrected chi connectivity index (χ0v) is 16.5. The van der Waals surface area contributed by atoms with Crippen LogP contribution in [0.25, 0.3) is 11.5 Å². The van der Waals surface area contributed by atoms with Crippen LogP contribution in [-0.4, -0.2) is 50.0 Å². The first-order valence-electron chi connectivity index (χ1n) is 8.72. The highest BCUT2D eigenvalue weighted by Crippen LogP contribution is 2.39. The fourth-order valence-electron chi connectivity index (χ4n) is 2.60. The molecule has 3 aromatic rings. The molecule has 0 saturated carbocycles. The second kappa shape index (κ2) is 9.41. The Morgan fingerprint density at radius 2 is 1.67 bits per heavy atom. The van der Waals surface area contributed by atoms with Crippen molar-refractivity contribution in [2.75, 3.05) is 33.3 Å². The Balaban J connectivity index is 1.63. The number of esters is 1. The van der Waals surface area contributed by atoms with Crippen LogP contribution >= 0.6 is 0 Å². The standard InChI is InChI=1S/C20H19N3O7/c1-26-14-10-9-13(16(27-2)17(14)28-3)19(25)29-11-15(24)21-20-23-22-18(30-20)12-7-5-4-6-8-12/h4-10H,11H2,1-3H3,(H,21,23,24). The van der Waals surface area contributed by atoms with Gasteiger partial charge < -0.3 is 23.4 Å². The van der Waals surface area contributed by atoms with E-state index >= 15 is 0 Å². The number of amides is 1. The molecule has 0 saturated heterocycles. The summed E-state index contributed by atoms with van der Waals surface area (Å²) in [7, 11) is 4.25. The second-order valence-corrected chi connectivity index (χ2v) is 5.78. The van der Waals surface area contributed by atoms with E-state index in [1.54, 1.807) is 12.1 Å². The number of nitrogens with one attached hydrogen (secondary N) is 1. The van der Waals surface area contributed by atoms with E-state index < -0.39 is 18.5 Å². The molecule has 30 heavy (non-hydrogen) atoms. The zero-order valence-electron chi connectivity index (χ0n) is 16.5. The number of carbonyl (C=O) groups is 2. The first-order valence-corrected chi connectivity index (χ1v) is 8.72. The van der Waals surface area contributed by atoms with E-state index in [2.05, 4.69) is 15.5 Å². The third kappa shape index (κ3) is 4.49. The molecule has 0 spiro atoms. The molecule has 1 heterocycles. The molecule has 0 aliphatic rings. The van der Waals surface area contributed by atoms with E-state index in [1.807, 2.05) is 18.2 Å². The van der Waals surface area contributed by atoms with Crippen molar-refractivity contribution in [3.8, 4) is 28.7 Å². The smallest absolute Gasteiger partial charge is 0.342 e. The molecule has 0 radical (unpaired) electrons. The highest BCUT2D eigenvalue weighted by Gasteiger charge is 2.22. The van der Waals surface area contributed by atoms with Crippen LogP contribution in [0.4, 0.5) is 6.01 Å². The van der Waals surface area contributed by atoms with E-state index in [0.29, 0.717) is 11.3 Å². The lowest BCUT2D eigenvalue weighted by atomic mass is 10.1. The minimum absolute atomic E-state index is 0.0760. The molecule has 10 nitrogen and oxygen atoms in total. The predicted molar refractivity (Wildman–Crippen MR) is 105 cm³/mol. The van der Waals surface area contributed by atoms with Gasteiger partial charge >= 0.3 is 12.0 Å². The van der Waals surface area contributed by atoms with Gasteiger partial charge in [0.1, 0.15) is 5.56 Å². The number of hydrogen-bond donors (Lipinski definition) is 1. The summed E-state index contributed by atoms with van der Waals surface area (Å²) in [6.45, 7) is -0.570. The SMILES string of the molecule is COc1ccc(C(=O)OCC(=O)Nc2nnc(-c3ccccc3)o2)c(OC)c1OC. The van der Waals surface area contributed by atoms with Gasteiger partial charge in [0.25, 0.3) is 5.91 Å². The molecule has 10 heteroatoms. The van der Waals surface area contributed by atoms with Crippen molar-refractivity contribution in [1.29, 1.82) is 0 Å². The van der Waals surface area contributed by atoms with Gasteiger partial charge in [0.15, 0.2) is 18.1 Å². The van der Waals surface area contributed by atoms with Gasteiger partial charge in [-0.3, -0.25) is 10.1 Å². The van der Waals surface area contributed by atoms with Gasteiger partial charge in [-0.2, -0.15) is 0 Å². The predicted octanol–water partition coefficient (Wildman–Crippen LogP) is 2.56. The average molecular weight is 413 g/mol. The number of hydrogen-bond acceptors (Lipinski definition) is 9. The number of ether oxygens (including phenoxy) is 4. The molecule has 0 unspecified atom stereocenters. The lowest BCUT2D eigenvalue weighted by Gasteiger charge is -2.14. The Morgan fingerprint density at radius 3 is 2.33 bits per heavy atom. The summed E-state index contributed by atoms with van der Waals surface area (Å²) in [4.78, 5) is 24.5. The summed E-state index contributed by atoms with van der Waals surface area (Å²) < 4.78 is 26.1. The van der Waals surface area contributed by atoms with Crippen LogP contribution in [-0.2, 0) is 9.53 Å². The highest BCUT2D eigenvalue weighted by atomic mass is 16.5. The minimum atomic E-state index is -0.779. The van der Waals surface area contributed by atoms with Crippen LogP contribution in [0.2, 0.25) is 0 Å². The number of methoxy groups -OCH3 is 3. The van der Waals surface area contributed by atoms with Crippen molar-refractivity contribution in [2.45, 2.75) is 0 Å². The molecule has 0 bridgehead atoms. The normalized spacial score (nSPS) is 10.2. The van der Waals surface area contributed by atoms with Gasteiger partial charge in [0.2, 0.25) is 11.6 Å². The first-order chi connectivity index (χ1) is 14.6. The van der Waals surface area contributed by atoms with Gasteiger partial charge in [-0.25, -0.2) is 4.79 Å². The van der Waals surface area contributed by atoms with Gasteiger partial charge in [0.05, 0.1) is 21.3 Å². The maximum atomic E-state index is 12.4. The molecule has 1 N–H and O–H groups in total. The quantitative estimate of drug-likeness (QED) is 0.555. The molecule has 3 rings (SSSR count). The monoisotopic (exact) mass is 413 g/mol. The van der Waals surface area contributed by atoms with Crippen LogP contribution in [0.15, 0.2) is 46.9 Å². The number of anilines is 1. The minimum Gasteiger partial charge on any atom is -0.493 e. The topological polar surface area (TPSA) is 122 Å². The molecule has 0 aliphatic carbocycles. The van der Waals surface area contributed by atoms with Crippen molar-refractivity contribution in [3.05, 3.63) is 48.0 Å². The lowest BCUT2D eigenvalue weighted by molar-refractivity contribution is -0.119. The van der Waals surface area contributed by atoms with Gasteiger partial charge in [-0.05, 0) is 24.3 Å². The number of aromatic nitrogens is 2. The molecule has 0 atom stereocenters. The molecule has 2 aromatic carbocycles. The van der Waals surface area contributed by atoms with Gasteiger partial charge in [-0.1, -0.05) is 23.3 Å². The van der Waals surface area contributed by atoms with Gasteiger partial charge in [0, 0.05) is 5.56 Å². The van der Waals surface area contributed by atoms with Gasteiger partial charge in [-0.15, -0.1) is 5.10 Å². The Labute approximate surface area is 171 Å². The number of nitrogens with zero attached hydrogens (tertiary/aromatic N) is 2. The molecule has 1 amide bonds. The van der Waals surface area contributed by atoms with Crippen LogP contribution in [0, 0.1) is 0 Å². The van der Waals surface area contributed by atoms with Crippen molar-refractivity contribution in [2.24, 2.45) is 0 Å². The summed E-state index contributed by atoms with van der Waals surface area (Å²) in [5.74, 6) is -0.429. The van der Waals surface area contributed by atoms with Crippen LogP contribution < -0.4 is 19.5 Å². The summed E-state index contributed by atoms with van der Waals surface area (Å²) in [5.41, 5.74) is 0.782. The van der Waals surface area contributed by atoms with E-state index in [9.17, 15) is 9.59 Å². The fraction of sp³-hybridized carbons (Fsp3) is 0.200. The Kier molecular flexibility index (Phi) is 6.48. The Morgan fingerprint density at radius 1 is 0.933 bits per heavy atom. The zero-order chi connectivity index (χ0) is 21.5. The summed E-state index contributed by atoms with van der Waals surface area (Å²) in [6, 6.07) is 11.9. The Hall–Kier alpha value is -4.08. The van der Waals surface area contributed by atoms with E-state index in [-0.39, 0.29) is 29.0 Å². The lowest BCUT2D eigenvalue weighted by Crippen LogP contribution is -2.21. The van der Waals surface area contributed by atoms with Crippen molar-refractivity contribution in [3.63, 3.8) is 0 Å². The number of benzene rings is 2. The van der Waals surface area contributed by atoms with Crippen LogP contribution in [0.3, 0.4) is 0 Å². The van der Waals surface area contributed by atoms with Crippen molar-refractivity contribution in [1.82, 2.24) is 10.2 Å². The third-order valence-corrected chi connectivity index (χ3v) is 3.95. The molecule has 0 fully saturated rings. The molecule has 0 aliphatic heterocycles. The van der Waals surface area contributed by atoms with Crippen LogP contribution in [0.5, 0.6) is 17.2 Å². The summed E-state index contributed by atoms with van der Waals surface area (Å²) in [6.07, 6.45) is 0. The maximum absolute atomic E-state index is 12.4. The molecular weight excluding hydrogens is 394 g/mol. The molecule has 1 aromatic heterocycles. The van der Waals surface area contributed by atoms with E-state index in [0.717, 1.165) is 0 Å². The largest absolute Gasteiger partial charge is 0.493 e. The third-order valence-electron chi connectivity index (χ3n) is 3.95. The van der Waals surface area contributed by atoms with Crippen LogP contribution in [0.1, 0.15) is 10.4 Å². The van der Waals surface area contributed by atoms with E-state index in [1.165, 1.54) is 33.5 Å². The fourth-order valence-corrected chi connectivity index (χ4v) is 2.60. The highest BCUT2D eigenvalue weighted by molar-refractivity contribution is 5.97. The second-order valence-electron chi connectivity index (χ2n) is 5.78. The summed E-state index contributed by atoms with van der Waals surface area (Å²) in [5, 5.41) is 9.98. The number of carbonyl (C=O) groups excluding carboxylic acids is 2. The van der Waals surface area contributed by atoms with Crippen molar-refractivity contribution < 1.29 is 33.0 Å². The number of rotatable bonds is 8. The molecule has 156 valence electrons. The summed E-state index contributed by atoms with van der Waals surface area (Å²) >= 11 is 0. The Bertz CT molecular complexity index is 1030. The maximum Gasteiger partial charge on any atom is 0.342 e. The molecular formula is C20H19N3O7. The van der Waals surface area contributed by atoms with E-state index in [4.69, 9.17) is 23.4 Å².